The maximum atomic E-state index is 5.86. The smallest absolute Gasteiger partial charge is 0.172 e. The molecule has 5 heteroatoms. The van der Waals surface area contributed by atoms with Crippen LogP contribution < -0.4 is 5.73 Å². The van der Waals surface area contributed by atoms with Gasteiger partial charge in [-0.05, 0) is 0 Å². The van der Waals surface area contributed by atoms with Gasteiger partial charge in [0.1, 0.15) is 0 Å². The van der Waals surface area contributed by atoms with Crippen LogP contribution in [-0.2, 0) is 15.9 Å². The first-order valence-corrected chi connectivity index (χ1v) is 4.84. The first kappa shape index (κ1) is 10.6. The van der Waals surface area contributed by atoms with Crippen LogP contribution in [0.1, 0.15) is 4.88 Å². The van der Waals surface area contributed by atoms with E-state index in [2.05, 4.69) is 4.98 Å². The molecule has 1 rings (SSSR count). The lowest BCUT2D eigenvalue weighted by Gasteiger charge is -2.19. The third kappa shape index (κ3) is 3.04. The van der Waals surface area contributed by atoms with Crippen LogP contribution in [0.25, 0.3) is 0 Å². The molecule has 1 unspecified atom stereocenters. The summed E-state index contributed by atoms with van der Waals surface area (Å²) in [6.07, 6.45) is 2.20. The van der Waals surface area contributed by atoms with E-state index in [4.69, 9.17) is 15.2 Å². The molecule has 0 fully saturated rings. The van der Waals surface area contributed by atoms with Crippen molar-refractivity contribution in [2.45, 2.75) is 18.8 Å². The van der Waals surface area contributed by atoms with Gasteiger partial charge in [-0.2, -0.15) is 0 Å². The van der Waals surface area contributed by atoms with Crippen LogP contribution >= 0.6 is 11.3 Å². The summed E-state index contributed by atoms with van der Waals surface area (Å²) in [6.45, 7) is 0. The molecule has 2 N–H and O–H groups in total. The van der Waals surface area contributed by atoms with Gasteiger partial charge in [0.2, 0.25) is 0 Å². The molecule has 74 valence electrons. The van der Waals surface area contributed by atoms with Crippen molar-refractivity contribution in [3.63, 3.8) is 0 Å². The van der Waals surface area contributed by atoms with Crippen molar-refractivity contribution in [3.8, 4) is 0 Å². The van der Waals surface area contributed by atoms with Crippen LogP contribution in [-0.4, -0.2) is 31.5 Å². The molecule has 0 aliphatic heterocycles. The largest absolute Gasteiger partial charge is 0.354 e. The van der Waals surface area contributed by atoms with Crippen molar-refractivity contribution in [2.75, 3.05) is 14.2 Å². The van der Waals surface area contributed by atoms with Gasteiger partial charge in [-0.1, -0.05) is 0 Å². The predicted octanol–water partition coefficient (Wildman–Crippen LogP) is 0.632. The van der Waals surface area contributed by atoms with E-state index >= 15 is 0 Å². The molecular formula is C8H14N2O2S. The topological polar surface area (TPSA) is 57.4 Å². The summed E-state index contributed by atoms with van der Waals surface area (Å²) in [5.74, 6) is 0. The Morgan fingerprint density at radius 3 is 2.69 bits per heavy atom. The maximum Gasteiger partial charge on any atom is 0.172 e. The molecule has 0 spiro atoms. The van der Waals surface area contributed by atoms with Crippen molar-refractivity contribution < 1.29 is 9.47 Å². The minimum Gasteiger partial charge on any atom is -0.354 e. The highest BCUT2D eigenvalue weighted by Gasteiger charge is 2.17. The van der Waals surface area contributed by atoms with Crippen LogP contribution in [0.2, 0.25) is 0 Å². The van der Waals surface area contributed by atoms with E-state index in [1.165, 1.54) is 0 Å². The summed E-state index contributed by atoms with van der Waals surface area (Å²) < 4.78 is 10.1. The Morgan fingerprint density at radius 2 is 2.23 bits per heavy atom. The Kier molecular flexibility index (Phi) is 4.31. The second-order valence-electron chi connectivity index (χ2n) is 2.68. The zero-order valence-electron chi connectivity index (χ0n) is 7.77. The summed E-state index contributed by atoms with van der Waals surface area (Å²) in [5.41, 5.74) is 7.65. The molecule has 1 aromatic heterocycles. The maximum absolute atomic E-state index is 5.86. The molecular weight excluding hydrogens is 188 g/mol. The van der Waals surface area contributed by atoms with Crippen molar-refractivity contribution >= 4 is 11.3 Å². The Hall–Kier alpha value is -0.490. The van der Waals surface area contributed by atoms with E-state index < -0.39 is 0 Å². The number of methoxy groups -OCH3 is 2. The molecule has 0 radical (unpaired) electrons. The second-order valence-corrected chi connectivity index (χ2v) is 3.65. The minimum atomic E-state index is -0.345. The average molecular weight is 202 g/mol. The zero-order valence-corrected chi connectivity index (χ0v) is 8.58. The van der Waals surface area contributed by atoms with Crippen molar-refractivity contribution in [1.82, 2.24) is 4.98 Å². The molecule has 0 saturated carbocycles. The number of rotatable bonds is 5. The molecule has 1 heterocycles. The Morgan fingerprint density at radius 1 is 1.54 bits per heavy atom. The number of aromatic nitrogens is 1. The van der Waals surface area contributed by atoms with Gasteiger partial charge in [-0.15, -0.1) is 11.3 Å². The monoisotopic (exact) mass is 202 g/mol. The molecule has 0 saturated heterocycles. The molecule has 0 aliphatic rings. The molecule has 4 nitrogen and oxygen atoms in total. The Balaban J connectivity index is 2.44. The van der Waals surface area contributed by atoms with Gasteiger partial charge in [0.25, 0.3) is 0 Å². The fraction of sp³-hybridized carbons (Fsp3) is 0.625. The molecule has 0 amide bonds. The summed E-state index contributed by atoms with van der Waals surface area (Å²) in [6, 6.07) is -0.143. The lowest BCUT2D eigenvalue weighted by Crippen LogP contribution is -2.39. The van der Waals surface area contributed by atoms with Crippen molar-refractivity contribution in [2.24, 2.45) is 5.73 Å². The van der Waals surface area contributed by atoms with Crippen LogP contribution in [0, 0.1) is 0 Å². The lowest BCUT2D eigenvalue weighted by atomic mass is 10.2. The fourth-order valence-corrected chi connectivity index (χ4v) is 1.78. The predicted molar refractivity (Wildman–Crippen MR) is 51.6 cm³/mol. The summed E-state index contributed by atoms with van der Waals surface area (Å²) in [7, 11) is 3.17. The Labute approximate surface area is 81.7 Å². The fourth-order valence-electron chi connectivity index (χ4n) is 1.12. The van der Waals surface area contributed by atoms with Crippen molar-refractivity contribution in [1.29, 1.82) is 0 Å². The third-order valence-corrected chi connectivity index (χ3v) is 2.54. The summed E-state index contributed by atoms with van der Waals surface area (Å²) >= 11 is 1.59. The molecule has 1 atom stereocenters. The minimum absolute atomic E-state index is 0.143. The lowest BCUT2D eigenvalue weighted by molar-refractivity contribution is -0.115. The standard InChI is InChI=1S/C8H14N2O2S/c1-11-8(12-2)7(9)3-6-4-10-5-13-6/h4-5,7-8H,3,9H2,1-2H3. The van der Waals surface area contributed by atoms with Crippen LogP contribution in [0.3, 0.4) is 0 Å². The first-order chi connectivity index (χ1) is 6.27. The highest BCUT2D eigenvalue weighted by molar-refractivity contribution is 7.09. The van der Waals surface area contributed by atoms with Gasteiger partial charge in [0, 0.05) is 31.7 Å². The van der Waals surface area contributed by atoms with Crippen LogP contribution in [0.15, 0.2) is 11.7 Å². The number of nitrogens with two attached hydrogens (primary N) is 1. The average Bonchev–Trinajstić information content (AvgIpc) is 2.59. The highest BCUT2D eigenvalue weighted by atomic mass is 32.1. The second kappa shape index (κ2) is 5.29. The van der Waals surface area contributed by atoms with E-state index in [1.54, 1.807) is 31.1 Å². The molecule has 0 bridgehead atoms. The van der Waals surface area contributed by atoms with Gasteiger partial charge in [0.05, 0.1) is 11.6 Å². The highest BCUT2D eigenvalue weighted by Crippen LogP contribution is 2.10. The SMILES string of the molecule is COC(OC)C(N)Cc1cncs1. The summed E-state index contributed by atoms with van der Waals surface area (Å²) in [4.78, 5) is 5.11. The van der Waals surface area contributed by atoms with E-state index in [9.17, 15) is 0 Å². The van der Waals surface area contributed by atoms with Gasteiger partial charge in [0.15, 0.2) is 6.29 Å². The molecule has 13 heavy (non-hydrogen) atoms. The number of thiazole rings is 1. The molecule has 0 aliphatic carbocycles. The quantitative estimate of drug-likeness (QED) is 0.712. The number of nitrogens with zero attached hydrogens (tertiary/aromatic N) is 1. The van der Waals surface area contributed by atoms with Gasteiger partial charge in [-0.3, -0.25) is 4.98 Å². The normalized spacial score (nSPS) is 13.5. The van der Waals surface area contributed by atoms with E-state index in [1.807, 2.05) is 6.20 Å². The zero-order chi connectivity index (χ0) is 9.68. The number of ether oxygens (including phenoxy) is 2. The number of hydrogen-bond acceptors (Lipinski definition) is 5. The number of hydrogen-bond donors (Lipinski definition) is 1. The van der Waals surface area contributed by atoms with Crippen LogP contribution in [0.5, 0.6) is 0 Å². The van der Waals surface area contributed by atoms with E-state index in [0.717, 1.165) is 11.3 Å². The van der Waals surface area contributed by atoms with Crippen LogP contribution in [0.4, 0.5) is 0 Å². The van der Waals surface area contributed by atoms with Gasteiger partial charge in [-0.25, -0.2) is 0 Å². The molecule has 1 aromatic rings. The van der Waals surface area contributed by atoms with Crippen molar-refractivity contribution in [3.05, 3.63) is 16.6 Å². The van der Waals surface area contributed by atoms with Gasteiger partial charge >= 0.3 is 0 Å². The Bertz CT molecular complexity index is 224. The van der Waals surface area contributed by atoms with Gasteiger partial charge < -0.3 is 15.2 Å². The summed E-state index contributed by atoms with van der Waals surface area (Å²) in [5, 5.41) is 0. The molecule has 0 aromatic carbocycles. The van der Waals surface area contributed by atoms with E-state index in [-0.39, 0.29) is 12.3 Å². The van der Waals surface area contributed by atoms with E-state index in [0.29, 0.717) is 0 Å². The third-order valence-electron chi connectivity index (χ3n) is 1.73. The first-order valence-electron chi connectivity index (χ1n) is 3.96.